The number of amides is 1. The largest absolute Gasteiger partial charge is 0.361 e. The van der Waals surface area contributed by atoms with Gasteiger partial charge in [0.15, 0.2) is 0 Å². The summed E-state index contributed by atoms with van der Waals surface area (Å²) in [5.74, 6) is -0.348. The molecule has 3 aromatic rings. The first-order valence-corrected chi connectivity index (χ1v) is 10.4. The van der Waals surface area contributed by atoms with Gasteiger partial charge in [0, 0.05) is 35.8 Å². The number of nitrogens with zero attached hydrogens (tertiary/aromatic N) is 2. The monoisotopic (exact) mass is 427 g/mol. The first-order valence-electron chi connectivity index (χ1n) is 9.14. The van der Waals surface area contributed by atoms with Gasteiger partial charge in [0.1, 0.15) is 0 Å². The van der Waals surface area contributed by atoms with Crippen LogP contribution in [0.15, 0.2) is 60.0 Å². The molecule has 2 heterocycles. The van der Waals surface area contributed by atoms with Gasteiger partial charge in [0.05, 0.1) is 21.6 Å². The molecule has 8 heteroatoms. The topological polar surface area (TPSA) is 75.5 Å². The highest BCUT2D eigenvalue weighted by Gasteiger charge is 2.28. The maximum atomic E-state index is 12.7. The Labute approximate surface area is 176 Å². The number of para-hydroxylation sites is 1. The number of benzene rings is 2. The molecule has 0 unspecified atom stereocenters. The van der Waals surface area contributed by atoms with Gasteiger partial charge >= 0.3 is 0 Å². The molecule has 0 bridgehead atoms. The molecule has 1 N–H and O–H groups in total. The Morgan fingerprint density at radius 3 is 2.79 bits per heavy atom. The van der Waals surface area contributed by atoms with E-state index in [4.69, 9.17) is 11.6 Å². The number of nitro benzene ring substituents is 1. The maximum absolute atomic E-state index is 12.7. The number of fused-ring (bicyclic) bond motifs is 1. The average molecular weight is 428 g/mol. The molecule has 4 rings (SSSR count). The Hall–Kier alpha value is -2.90. The summed E-state index contributed by atoms with van der Waals surface area (Å²) in [5, 5.41) is 15.9. The molecule has 0 aliphatic carbocycles. The van der Waals surface area contributed by atoms with Gasteiger partial charge in [-0.15, -0.1) is 11.3 Å². The van der Waals surface area contributed by atoms with Crippen LogP contribution in [0.1, 0.15) is 26.8 Å². The third-order valence-electron chi connectivity index (χ3n) is 5.04. The van der Waals surface area contributed by atoms with Crippen molar-refractivity contribution < 1.29 is 9.72 Å². The van der Waals surface area contributed by atoms with Crippen molar-refractivity contribution in [1.29, 1.82) is 0 Å². The molecule has 148 valence electrons. The predicted octanol–water partition coefficient (Wildman–Crippen LogP) is 4.84. The molecule has 0 radical (unpaired) electrons. The number of hydrogen-bond acceptors (Lipinski definition) is 5. The zero-order valence-electron chi connectivity index (χ0n) is 15.4. The second-order valence-electron chi connectivity index (χ2n) is 6.73. The van der Waals surface area contributed by atoms with Crippen molar-refractivity contribution in [2.45, 2.75) is 12.5 Å². The van der Waals surface area contributed by atoms with E-state index in [9.17, 15) is 14.9 Å². The summed E-state index contributed by atoms with van der Waals surface area (Å²) in [4.78, 5) is 26.5. The standard InChI is InChI=1S/C21H18ClN3O3S/c22-17-12-15(25(27)28)7-8-16(17)21(26)23-13-19(20-6-3-11-29-20)24-10-9-14-4-1-2-5-18(14)24/h1-8,11-12,19H,9-10,13H2,(H,23,26)/t19-/m1/s1. The number of carbonyl (C=O) groups excluding carboxylic acids is 1. The van der Waals surface area contributed by atoms with E-state index >= 15 is 0 Å². The van der Waals surface area contributed by atoms with Crippen LogP contribution in [0.3, 0.4) is 0 Å². The summed E-state index contributed by atoms with van der Waals surface area (Å²) in [6.07, 6.45) is 0.972. The molecule has 1 aliphatic heterocycles. The SMILES string of the molecule is O=C(NC[C@H](c1cccs1)N1CCc2ccccc21)c1ccc([N+](=O)[O-])cc1Cl. The number of nitrogens with one attached hydrogen (secondary N) is 1. The Balaban J connectivity index is 1.54. The second-order valence-corrected chi connectivity index (χ2v) is 8.12. The van der Waals surface area contributed by atoms with Crippen molar-refractivity contribution >= 4 is 40.2 Å². The Kier molecular flexibility index (Phi) is 5.51. The van der Waals surface area contributed by atoms with Crippen molar-refractivity contribution in [3.05, 3.63) is 91.1 Å². The van der Waals surface area contributed by atoms with Crippen LogP contribution in [0.25, 0.3) is 0 Å². The summed E-state index contributed by atoms with van der Waals surface area (Å²) in [7, 11) is 0. The van der Waals surface area contributed by atoms with E-state index in [1.54, 1.807) is 11.3 Å². The second kappa shape index (κ2) is 8.23. The molecule has 0 saturated carbocycles. The lowest BCUT2D eigenvalue weighted by Crippen LogP contribution is -2.37. The Morgan fingerprint density at radius 2 is 2.07 bits per heavy atom. The highest BCUT2D eigenvalue weighted by atomic mass is 35.5. The first kappa shape index (κ1) is 19.4. The number of carbonyl (C=O) groups is 1. The predicted molar refractivity (Wildman–Crippen MR) is 115 cm³/mol. The maximum Gasteiger partial charge on any atom is 0.270 e. The fourth-order valence-electron chi connectivity index (χ4n) is 3.62. The van der Waals surface area contributed by atoms with Gasteiger partial charge in [0.25, 0.3) is 11.6 Å². The zero-order chi connectivity index (χ0) is 20.4. The van der Waals surface area contributed by atoms with Gasteiger partial charge in [-0.1, -0.05) is 35.9 Å². The van der Waals surface area contributed by atoms with Crippen molar-refractivity contribution in [3.63, 3.8) is 0 Å². The fraction of sp³-hybridized carbons (Fsp3) is 0.190. The summed E-state index contributed by atoms with van der Waals surface area (Å²) in [6.45, 7) is 1.29. The van der Waals surface area contributed by atoms with E-state index in [2.05, 4.69) is 28.4 Å². The number of anilines is 1. The highest BCUT2D eigenvalue weighted by molar-refractivity contribution is 7.10. The first-order chi connectivity index (χ1) is 14.0. The quantitative estimate of drug-likeness (QED) is 0.451. The minimum atomic E-state index is -0.537. The molecule has 0 fully saturated rings. The smallest absolute Gasteiger partial charge is 0.270 e. The van der Waals surface area contributed by atoms with Crippen LogP contribution >= 0.6 is 22.9 Å². The molecular formula is C21H18ClN3O3S. The van der Waals surface area contributed by atoms with Crippen LogP contribution in [-0.2, 0) is 6.42 Å². The number of hydrogen-bond donors (Lipinski definition) is 1. The van der Waals surface area contributed by atoms with Crippen LogP contribution in [-0.4, -0.2) is 23.9 Å². The molecule has 0 saturated heterocycles. The molecule has 29 heavy (non-hydrogen) atoms. The van der Waals surface area contributed by atoms with Crippen LogP contribution < -0.4 is 10.2 Å². The molecule has 6 nitrogen and oxygen atoms in total. The van der Waals surface area contributed by atoms with Crippen LogP contribution in [0.2, 0.25) is 5.02 Å². The van der Waals surface area contributed by atoms with Gasteiger partial charge in [-0.3, -0.25) is 14.9 Å². The van der Waals surface area contributed by atoms with E-state index in [-0.39, 0.29) is 28.2 Å². The van der Waals surface area contributed by atoms with Gasteiger partial charge in [-0.25, -0.2) is 0 Å². The summed E-state index contributed by atoms with van der Waals surface area (Å²) in [5.41, 5.74) is 2.58. The normalized spacial score (nSPS) is 13.8. The van der Waals surface area contributed by atoms with Gasteiger partial charge < -0.3 is 10.2 Å². The average Bonchev–Trinajstić information content (AvgIpc) is 3.39. The summed E-state index contributed by atoms with van der Waals surface area (Å²) in [6, 6.07) is 16.3. The third kappa shape index (κ3) is 3.97. The highest BCUT2D eigenvalue weighted by Crippen LogP contribution is 2.36. The molecule has 1 atom stereocenters. The Morgan fingerprint density at radius 1 is 1.24 bits per heavy atom. The van der Waals surface area contributed by atoms with E-state index in [1.807, 2.05) is 23.6 Å². The summed E-state index contributed by atoms with van der Waals surface area (Å²) < 4.78 is 0. The van der Waals surface area contributed by atoms with Crippen molar-refractivity contribution in [2.75, 3.05) is 18.0 Å². The van der Waals surface area contributed by atoms with Crippen LogP contribution in [0.4, 0.5) is 11.4 Å². The van der Waals surface area contributed by atoms with Crippen molar-refractivity contribution in [3.8, 4) is 0 Å². The van der Waals surface area contributed by atoms with E-state index in [0.717, 1.165) is 17.8 Å². The molecule has 1 amide bonds. The molecule has 0 spiro atoms. The molecule has 2 aromatic carbocycles. The minimum absolute atomic E-state index is 0.000533. The summed E-state index contributed by atoms with van der Waals surface area (Å²) >= 11 is 7.76. The van der Waals surface area contributed by atoms with E-state index in [1.165, 1.54) is 29.4 Å². The number of nitro groups is 1. The number of non-ortho nitro benzene ring substituents is 1. The Bertz CT molecular complexity index is 1060. The van der Waals surface area contributed by atoms with Crippen molar-refractivity contribution in [2.24, 2.45) is 0 Å². The van der Waals surface area contributed by atoms with E-state index < -0.39 is 4.92 Å². The molecule has 1 aromatic heterocycles. The number of halogens is 1. The molecular weight excluding hydrogens is 410 g/mol. The number of rotatable bonds is 6. The lowest BCUT2D eigenvalue weighted by molar-refractivity contribution is -0.384. The van der Waals surface area contributed by atoms with Gasteiger partial charge in [-0.05, 0) is 35.6 Å². The third-order valence-corrected chi connectivity index (χ3v) is 6.32. The zero-order valence-corrected chi connectivity index (χ0v) is 16.9. The van der Waals surface area contributed by atoms with Crippen LogP contribution in [0, 0.1) is 10.1 Å². The number of thiophene rings is 1. The lowest BCUT2D eigenvalue weighted by Gasteiger charge is -2.30. The minimum Gasteiger partial charge on any atom is -0.361 e. The van der Waals surface area contributed by atoms with E-state index in [0.29, 0.717) is 6.54 Å². The van der Waals surface area contributed by atoms with Gasteiger partial charge in [0.2, 0.25) is 0 Å². The fourth-order valence-corrected chi connectivity index (χ4v) is 4.72. The van der Waals surface area contributed by atoms with Crippen molar-refractivity contribution in [1.82, 2.24) is 5.32 Å². The van der Waals surface area contributed by atoms with Gasteiger partial charge in [-0.2, -0.15) is 0 Å². The lowest BCUT2D eigenvalue weighted by atomic mass is 10.1. The van der Waals surface area contributed by atoms with Crippen LogP contribution in [0.5, 0.6) is 0 Å². The molecule has 1 aliphatic rings.